The first kappa shape index (κ1) is 21.4. The van der Waals surface area contributed by atoms with Gasteiger partial charge in [-0.05, 0) is 31.2 Å². The molecule has 2 aliphatic heterocycles. The molecular weight excluding hydrogens is 442 g/mol. The van der Waals surface area contributed by atoms with Crippen LogP contribution < -0.4 is 9.80 Å². The molecule has 0 bridgehead atoms. The molecule has 2 aliphatic rings. The second-order valence-electron chi connectivity index (χ2n) is 8.17. The van der Waals surface area contributed by atoms with E-state index in [2.05, 4.69) is 25.0 Å². The molecule has 33 heavy (non-hydrogen) atoms. The van der Waals surface area contributed by atoms with E-state index < -0.39 is 0 Å². The Labute approximate surface area is 195 Å². The summed E-state index contributed by atoms with van der Waals surface area (Å²) in [5, 5.41) is 4.61. The van der Waals surface area contributed by atoms with E-state index in [0.29, 0.717) is 34.5 Å². The van der Waals surface area contributed by atoms with Crippen LogP contribution in [0.4, 0.5) is 11.5 Å². The maximum atomic E-state index is 13.6. The summed E-state index contributed by atoms with van der Waals surface area (Å²) in [6, 6.07) is 7.57. The average molecular weight is 466 g/mol. The van der Waals surface area contributed by atoms with Crippen molar-refractivity contribution in [1.82, 2.24) is 25.0 Å². The Morgan fingerprint density at radius 1 is 1.27 bits per heavy atom. The van der Waals surface area contributed by atoms with Crippen LogP contribution >= 0.6 is 11.8 Å². The van der Waals surface area contributed by atoms with E-state index in [-0.39, 0.29) is 23.7 Å². The molecule has 0 spiro atoms. The molecule has 2 aromatic heterocycles. The monoisotopic (exact) mass is 465 g/mol. The first-order chi connectivity index (χ1) is 16.0. The quantitative estimate of drug-likeness (QED) is 0.424. The van der Waals surface area contributed by atoms with E-state index in [1.54, 1.807) is 25.2 Å². The molecule has 2 amide bonds. The van der Waals surface area contributed by atoms with E-state index >= 15 is 0 Å². The number of carbonyl (C=O) groups is 2. The van der Waals surface area contributed by atoms with Crippen LogP contribution in [0.25, 0.3) is 11.4 Å². The highest BCUT2D eigenvalue weighted by Gasteiger charge is 2.37. The molecule has 1 atom stereocenters. The molecule has 0 N–H and O–H groups in total. The van der Waals surface area contributed by atoms with Crippen molar-refractivity contribution in [2.45, 2.75) is 24.0 Å². The first-order valence-electron chi connectivity index (χ1n) is 10.6. The van der Waals surface area contributed by atoms with Crippen molar-refractivity contribution in [1.29, 1.82) is 0 Å². The molecule has 1 fully saturated rings. The van der Waals surface area contributed by atoms with Crippen molar-refractivity contribution >= 4 is 35.1 Å². The fourth-order valence-corrected chi connectivity index (χ4v) is 4.56. The van der Waals surface area contributed by atoms with Gasteiger partial charge in [-0.1, -0.05) is 29.1 Å². The molecule has 10 nitrogen and oxygen atoms in total. The van der Waals surface area contributed by atoms with Gasteiger partial charge in [-0.2, -0.15) is 4.98 Å². The van der Waals surface area contributed by atoms with Crippen LogP contribution in [0.3, 0.4) is 0 Å². The third kappa shape index (κ3) is 3.82. The number of aromatic nitrogens is 4. The Kier molecular flexibility index (Phi) is 5.49. The minimum absolute atomic E-state index is 0.0801. The number of hydrogen-bond acceptors (Lipinski definition) is 9. The minimum Gasteiger partial charge on any atom is -0.351 e. The molecule has 4 heterocycles. The summed E-state index contributed by atoms with van der Waals surface area (Å²) in [6.07, 6.45) is 5.60. The van der Waals surface area contributed by atoms with Gasteiger partial charge in [0.1, 0.15) is 11.4 Å². The lowest BCUT2D eigenvalue weighted by Gasteiger charge is -2.27. The Bertz CT molecular complexity index is 1230. The molecule has 0 aliphatic carbocycles. The average Bonchev–Trinajstić information content (AvgIpc) is 3.49. The number of fused-ring (bicyclic) bond motifs is 3. The summed E-state index contributed by atoms with van der Waals surface area (Å²) in [7, 11) is 3.24. The third-order valence-corrected chi connectivity index (χ3v) is 6.44. The third-order valence-electron chi connectivity index (χ3n) is 5.88. The molecule has 1 saturated heterocycles. The van der Waals surface area contributed by atoms with Crippen LogP contribution in [-0.4, -0.2) is 76.3 Å². The van der Waals surface area contributed by atoms with Crippen LogP contribution in [0.1, 0.15) is 33.9 Å². The molecule has 3 aromatic rings. The highest BCUT2D eigenvalue weighted by molar-refractivity contribution is 7.98. The Morgan fingerprint density at radius 2 is 2.12 bits per heavy atom. The zero-order chi connectivity index (χ0) is 23.1. The van der Waals surface area contributed by atoms with Gasteiger partial charge in [-0.3, -0.25) is 9.59 Å². The van der Waals surface area contributed by atoms with Gasteiger partial charge in [-0.15, -0.1) is 0 Å². The Morgan fingerprint density at radius 3 is 2.91 bits per heavy atom. The SMILES string of the molecule is CSc1ncc2c(n1)N1CCCC1CN(c1cccc(-c3noc(C(=O)N(C)C)n3)c1)C2=O. The van der Waals surface area contributed by atoms with E-state index in [9.17, 15) is 9.59 Å². The normalized spacial score (nSPS) is 17.5. The van der Waals surface area contributed by atoms with Gasteiger partial charge in [0.25, 0.3) is 5.91 Å². The summed E-state index contributed by atoms with van der Waals surface area (Å²) >= 11 is 1.46. The van der Waals surface area contributed by atoms with Gasteiger partial charge >= 0.3 is 11.8 Å². The van der Waals surface area contributed by atoms with Gasteiger partial charge < -0.3 is 19.2 Å². The van der Waals surface area contributed by atoms with Crippen molar-refractivity contribution in [2.24, 2.45) is 0 Å². The molecule has 0 saturated carbocycles. The largest absolute Gasteiger partial charge is 0.351 e. The Hall–Kier alpha value is -3.47. The summed E-state index contributed by atoms with van der Waals surface area (Å²) in [4.78, 5) is 44.3. The molecule has 1 aromatic carbocycles. The van der Waals surface area contributed by atoms with Crippen molar-refractivity contribution in [3.05, 3.63) is 41.9 Å². The lowest BCUT2D eigenvalue weighted by atomic mass is 10.1. The molecular formula is C22H23N7O3S. The lowest BCUT2D eigenvalue weighted by molar-refractivity contribution is 0.0779. The first-order valence-corrected chi connectivity index (χ1v) is 11.8. The fraction of sp³-hybridized carbons (Fsp3) is 0.364. The van der Waals surface area contributed by atoms with Crippen LogP contribution in [0.5, 0.6) is 0 Å². The number of nitrogens with zero attached hydrogens (tertiary/aromatic N) is 7. The van der Waals surface area contributed by atoms with Crippen molar-refractivity contribution in [3.8, 4) is 11.4 Å². The maximum Gasteiger partial charge on any atom is 0.316 e. The maximum absolute atomic E-state index is 13.6. The number of thioether (sulfide) groups is 1. The number of benzene rings is 1. The van der Waals surface area contributed by atoms with Gasteiger partial charge in [-0.25, -0.2) is 9.97 Å². The smallest absolute Gasteiger partial charge is 0.316 e. The lowest BCUT2D eigenvalue weighted by Crippen LogP contribution is -2.39. The van der Waals surface area contributed by atoms with Crippen molar-refractivity contribution in [2.75, 3.05) is 43.2 Å². The molecule has 1 unspecified atom stereocenters. The second-order valence-corrected chi connectivity index (χ2v) is 8.95. The second kappa shape index (κ2) is 8.47. The fourth-order valence-electron chi connectivity index (χ4n) is 4.22. The predicted octanol–water partition coefficient (Wildman–Crippen LogP) is 2.58. The summed E-state index contributed by atoms with van der Waals surface area (Å²) in [6.45, 7) is 1.42. The van der Waals surface area contributed by atoms with Gasteiger partial charge in [0.2, 0.25) is 5.82 Å². The van der Waals surface area contributed by atoms with Crippen LogP contribution in [0.15, 0.2) is 40.1 Å². The molecule has 11 heteroatoms. The number of hydrogen-bond donors (Lipinski definition) is 0. The Balaban J connectivity index is 1.52. The molecule has 5 rings (SSSR count). The van der Waals surface area contributed by atoms with Gasteiger partial charge in [0, 0.05) is 50.7 Å². The highest BCUT2D eigenvalue weighted by Crippen LogP contribution is 2.35. The van der Waals surface area contributed by atoms with Crippen LogP contribution in [0, 0.1) is 0 Å². The zero-order valence-corrected chi connectivity index (χ0v) is 19.4. The summed E-state index contributed by atoms with van der Waals surface area (Å²) in [5.41, 5.74) is 1.88. The van der Waals surface area contributed by atoms with Crippen molar-refractivity contribution in [3.63, 3.8) is 0 Å². The van der Waals surface area contributed by atoms with Gasteiger partial charge in [0.05, 0.1) is 0 Å². The topological polar surface area (TPSA) is 109 Å². The van der Waals surface area contributed by atoms with Gasteiger partial charge in [0.15, 0.2) is 5.16 Å². The standard InChI is InChI=1S/C22H23N7O3S/c1-27(2)21(31)19-24-17(26-32-19)13-6-4-7-14(10-13)29-12-15-8-5-9-28(15)18-16(20(29)30)11-23-22(25-18)33-3/h4,6-7,10-11,15H,5,8-9,12H2,1-3H3. The highest BCUT2D eigenvalue weighted by atomic mass is 32.2. The number of amides is 2. The van der Waals surface area contributed by atoms with Crippen molar-refractivity contribution < 1.29 is 14.1 Å². The number of carbonyl (C=O) groups excluding carboxylic acids is 2. The molecule has 170 valence electrons. The summed E-state index contributed by atoms with van der Waals surface area (Å²) < 4.78 is 5.14. The predicted molar refractivity (Wildman–Crippen MR) is 124 cm³/mol. The molecule has 0 radical (unpaired) electrons. The zero-order valence-electron chi connectivity index (χ0n) is 18.6. The summed E-state index contributed by atoms with van der Waals surface area (Å²) in [5.74, 6) is 0.421. The van der Waals surface area contributed by atoms with E-state index in [4.69, 9.17) is 4.52 Å². The number of anilines is 2. The van der Waals surface area contributed by atoms with E-state index in [1.165, 1.54) is 16.7 Å². The minimum atomic E-state index is -0.366. The van der Waals surface area contributed by atoms with E-state index in [1.807, 2.05) is 30.5 Å². The number of rotatable bonds is 4. The van der Waals surface area contributed by atoms with Crippen LogP contribution in [-0.2, 0) is 0 Å². The van der Waals surface area contributed by atoms with E-state index in [0.717, 1.165) is 25.1 Å². The van der Waals surface area contributed by atoms with Crippen LogP contribution in [0.2, 0.25) is 0 Å².